The van der Waals surface area contributed by atoms with Crippen LogP contribution in [0.25, 0.3) is 0 Å². The molecule has 0 radical (unpaired) electrons. The third-order valence-electron chi connectivity index (χ3n) is 2.82. The van der Waals surface area contributed by atoms with Crippen molar-refractivity contribution in [3.8, 4) is 0 Å². The van der Waals surface area contributed by atoms with E-state index in [1.807, 2.05) is 19.9 Å². The zero-order valence-corrected chi connectivity index (χ0v) is 10.9. The number of alkyl halides is 1. The van der Waals surface area contributed by atoms with Gasteiger partial charge in [-0.2, -0.15) is 0 Å². The largest absolute Gasteiger partial charge is 0.466 e. The standard InChI is InChI=1S/C14H13ClF2O/c1-8-5-11(9(2)18-8)12(15)6-10-3-4-13(16)14(17)7-10/h3-5,7,12H,6H2,1-2H3. The Balaban J connectivity index is 2.18. The molecule has 4 heteroatoms. The van der Waals surface area contributed by atoms with E-state index in [1.165, 1.54) is 12.1 Å². The van der Waals surface area contributed by atoms with Crippen LogP contribution in [0.3, 0.4) is 0 Å². The van der Waals surface area contributed by atoms with Crippen LogP contribution in [0.15, 0.2) is 28.7 Å². The average Bonchev–Trinajstić information content (AvgIpc) is 2.63. The summed E-state index contributed by atoms with van der Waals surface area (Å²) in [6, 6.07) is 5.69. The summed E-state index contributed by atoms with van der Waals surface area (Å²) in [5.74, 6) is -0.148. The number of rotatable bonds is 3. The van der Waals surface area contributed by atoms with Crippen molar-refractivity contribution in [1.82, 2.24) is 0 Å². The molecule has 1 heterocycles. The molecule has 0 bridgehead atoms. The van der Waals surface area contributed by atoms with Gasteiger partial charge in [0.05, 0.1) is 5.38 Å². The molecule has 1 aromatic carbocycles. The van der Waals surface area contributed by atoms with Crippen LogP contribution in [0.5, 0.6) is 0 Å². The normalized spacial score (nSPS) is 12.7. The van der Waals surface area contributed by atoms with Gasteiger partial charge in [0.1, 0.15) is 11.5 Å². The molecular weight excluding hydrogens is 258 g/mol. The Morgan fingerprint density at radius 1 is 1.17 bits per heavy atom. The van der Waals surface area contributed by atoms with E-state index in [1.54, 1.807) is 0 Å². The zero-order chi connectivity index (χ0) is 13.3. The topological polar surface area (TPSA) is 13.1 Å². The molecule has 1 aromatic heterocycles. The third-order valence-corrected chi connectivity index (χ3v) is 3.21. The highest BCUT2D eigenvalue weighted by atomic mass is 35.5. The van der Waals surface area contributed by atoms with Crippen LogP contribution < -0.4 is 0 Å². The average molecular weight is 271 g/mol. The molecule has 0 aliphatic carbocycles. The van der Waals surface area contributed by atoms with Gasteiger partial charge in [-0.05, 0) is 44.0 Å². The second-order valence-corrected chi connectivity index (χ2v) is 4.82. The predicted molar refractivity (Wildman–Crippen MR) is 66.8 cm³/mol. The number of halogens is 3. The first-order chi connectivity index (χ1) is 8.47. The van der Waals surface area contributed by atoms with E-state index >= 15 is 0 Å². The Morgan fingerprint density at radius 2 is 1.89 bits per heavy atom. The Labute approximate surface area is 109 Å². The van der Waals surface area contributed by atoms with Crippen LogP contribution in [0.4, 0.5) is 8.78 Å². The molecule has 0 aliphatic heterocycles. The maximum absolute atomic E-state index is 13.1. The Hall–Kier alpha value is -1.35. The first-order valence-corrected chi connectivity index (χ1v) is 6.06. The van der Waals surface area contributed by atoms with Crippen LogP contribution >= 0.6 is 11.6 Å². The summed E-state index contributed by atoms with van der Waals surface area (Å²) < 4.78 is 31.3. The first-order valence-electron chi connectivity index (χ1n) is 5.62. The molecule has 18 heavy (non-hydrogen) atoms. The van der Waals surface area contributed by atoms with Crippen LogP contribution in [-0.2, 0) is 6.42 Å². The van der Waals surface area contributed by atoms with Crippen molar-refractivity contribution in [2.24, 2.45) is 0 Å². The van der Waals surface area contributed by atoms with E-state index < -0.39 is 11.6 Å². The van der Waals surface area contributed by atoms with Gasteiger partial charge in [-0.3, -0.25) is 0 Å². The van der Waals surface area contributed by atoms with Crippen LogP contribution in [0.2, 0.25) is 0 Å². The minimum atomic E-state index is -0.850. The first kappa shape index (κ1) is 13.1. The Bertz CT molecular complexity index is 563. The summed E-state index contributed by atoms with van der Waals surface area (Å²) in [5.41, 5.74) is 1.55. The van der Waals surface area contributed by atoms with Gasteiger partial charge < -0.3 is 4.42 Å². The summed E-state index contributed by atoms with van der Waals surface area (Å²) in [4.78, 5) is 0. The number of aryl methyl sites for hydroxylation is 2. The summed E-state index contributed by atoms with van der Waals surface area (Å²) in [5, 5.41) is -0.313. The van der Waals surface area contributed by atoms with Gasteiger partial charge in [0, 0.05) is 5.56 Å². The van der Waals surface area contributed by atoms with E-state index in [9.17, 15) is 8.78 Å². The molecule has 0 aliphatic rings. The summed E-state index contributed by atoms with van der Waals surface area (Å²) in [6.07, 6.45) is 0.429. The lowest BCUT2D eigenvalue weighted by molar-refractivity contribution is 0.500. The number of hydrogen-bond acceptors (Lipinski definition) is 1. The maximum atomic E-state index is 13.1. The number of hydrogen-bond donors (Lipinski definition) is 0. The molecule has 96 valence electrons. The lowest BCUT2D eigenvalue weighted by atomic mass is 10.0. The SMILES string of the molecule is Cc1cc(C(Cl)Cc2ccc(F)c(F)c2)c(C)o1. The number of furan rings is 1. The van der Waals surface area contributed by atoms with Crippen molar-refractivity contribution < 1.29 is 13.2 Å². The fourth-order valence-corrected chi connectivity index (χ4v) is 2.34. The second-order valence-electron chi connectivity index (χ2n) is 4.29. The summed E-state index contributed by atoms with van der Waals surface area (Å²) >= 11 is 6.28. The van der Waals surface area contributed by atoms with Gasteiger partial charge in [0.25, 0.3) is 0 Å². The van der Waals surface area contributed by atoms with Crippen molar-refractivity contribution in [1.29, 1.82) is 0 Å². The molecule has 1 unspecified atom stereocenters. The third kappa shape index (κ3) is 2.72. The molecule has 0 fully saturated rings. The molecule has 0 N–H and O–H groups in total. The van der Waals surface area contributed by atoms with E-state index in [4.69, 9.17) is 16.0 Å². The van der Waals surface area contributed by atoms with Crippen molar-refractivity contribution in [2.45, 2.75) is 25.6 Å². The predicted octanol–water partition coefficient (Wildman–Crippen LogP) is 4.70. The fourth-order valence-electron chi connectivity index (χ4n) is 1.94. The minimum absolute atomic E-state index is 0.313. The highest BCUT2D eigenvalue weighted by molar-refractivity contribution is 6.21. The molecule has 2 rings (SSSR count). The van der Waals surface area contributed by atoms with Gasteiger partial charge in [-0.1, -0.05) is 6.07 Å². The van der Waals surface area contributed by atoms with Crippen molar-refractivity contribution in [3.63, 3.8) is 0 Å². The lowest BCUT2D eigenvalue weighted by Crippen LogP contribution is -1.97. The summed E-state index contributed by atoms with van der Waals surface area (Å²) in [6.45, 7) is 3.68. The molecule has 0 saturated carbocycles. The molecule has 0 amide bonds. The minimum Gasteiger partial charge on any atom is -0.466 e. The van der Waals surface area contributed by atoms with E-state index in [0.717, 1.165) is 23.2 Å². The fraction of sp³-hybridized carbons (Fsp3) is 0.286. The van der Waals surface area contributed by atoms with Crippen LogP contribution in [0.1, 0.15) is 28.0 Å². The van der Waals surface area contributed by atoms with E-state index in [-0.39, 0.29) is 5.38 Å². The van der Waals surface area contributed by atoms with Crippen molar-refractivity contribution in [3.05, 3.63) is 58.5 Å². The van der Waals surface area contributed by atoms with E-state index in [0.29, 0.717) is 12.0 Å². The quantitative estimate of drug-likeness (QED) is 0.737. The number of benzene rings is 1. The van der Waals surface area contributed by atoms with Crippen LogP contribution in [-0.4, -0.2) is 0 Å². The van der Waals surface area contributed by atoms with Gasteiger partial charge in [-0.25, -0.2) is 8.78 Å². The van der Waals surface area contributed by atoms with Gasteiger partial charge >= 0.3 is 0 Å². The molecule has 0 saturated heterocycles. The zero-order valence-electron chi connectivity index (χ0n) is 10.1. The summed E-state index contributed by atoms with van der Waals surface area (Å²) in [7, 11) is 0. The second kappa shape index (κ2) is 5.11. The van der Waals surface area contributed by atoms with Gasteiger partial charge in [0.15, 0.2) is 11.6 Å². The van der Waals surface area contributed by atoms with Crippen molar-refractivity contribution >= 4 is 11.6 Å². The van der Waals surface area contributed by atoms with Crippen LogP contribution in [0, 0.1) is 25.5 Å². The Kier molecular flexibility index (Phi) is 3.71. The molecule has 1 atom stereocenters. The van der Waals surface area contributed by atoms with Gasteiger partial charge in [0.2, 0.25) is 0 Å². The van der Waals surface area contributed by atoms with Crippen molar-refractivity contribution in [2.75, 3.05) is 0 Å². The Morgan fingerprint density at radius 3 is 2.44 bits per heavy atom. The lowest BCUT2D eigenvalue weighted by Gasteiger charge is -2.08. The maximum Gasteiger partial charge on any atom is 0.159 e. The van der Waals surface area contributed by atoms with Gasteiger partial charge in [-0.15, -0.1) is 11.6 Å². The smallest absolute Gasteiger partial charge is 0.159 e. The molecule has 2 aromatic rings. The highest BCUT2D eigenvalue weighted by Crippen LogP contribution is 2.30. The van der Waals surface area contributed by atoms with E-state index in [2.05, 4.69) is 0 Å². The molecular formula is C14H13ClF2O. The highest BCUT2D eigenvalue weighted by Gasteiger charge is 2.16. The monoisotopic (exact) mass is 270 g/mol. The molecule has 0 spiro atoms. The molecule has 1 nitrogen and oxygen atoms in total.